The number of hydrogen-bond donors (Lipinski definition) is 0. The van der Waals surface area contributed by atoms with Crippen molar-refractivity contribution in [3.63, 3.8) is 0 Å². The van der Waals surface area contributed by atoms with Crippen LogP contribution in [0.25, 0.3) is 0 Å². The zero-order valence-corrected chi connectivity index (χ0v) is 17.8. The van der Waals surface area contributed by atoms with Crippen molar-refractivity contribution in [2.75, 3.05) is 0 Å². The summed E-state index contributed by atoms with van der Waals surface area (Å²) in [5.41, 5.74) is 0. The molecule has 0 aliphatic heterocycles. The molecular formula is C18H49ClMgO8. The molecule has 28 heavy (non-hydrogen) atoms. The summed E-state index contributed by atoms with van der Waals surface area (Å²) >= 11 is 4.97. The van der Waals surface area contributed by atoms with Crippen molar-refractivity contribution >= 4 is 40.9 Å². The van der Waals surface area contributed by atoms with Gasteiger partial charge in [-0.3, -0.25) is 4.79 Å². The van der Waals surface area contributed by atoms with E-state index in [0.29, 0.717) is 6.42 Å². The Labute approximate surface area is 192 Å². The lowest BCUT2D eigenvalue weighted by Gasteiger charge is -2.03. The molecule has 0 aromatic rings. The molecule has 0 radical (unpaired) electrons. The molecule has 0 spiro atoms. The van der Waals surface area contributed by atoms with E-state index in [9.17, 15) is 4.79 Å². The van der Waals surface area contributed by atoms with Crippen molar-refractivity contribution in [2.45, 2.75) is 110 Å². The fourth-order valence-electron chi connectivity index (χ4n) is 2.68. The highest BCUT2D eigenvalue weighted by Gasteiger charge is 2.00. The van der Waals surface area contributed by atoms with Crippen molar-refractivity contribution < 1.29 is 41.9 Å². The SMILES string of the molecule is CCCCCCCCCCCCCCCCCC(=O)OCl.O.O.O.O.O.O.[MgH2]. The van der Waals surface area contributed by atoms with Gasteiger partial charge in [0.05, 0.1) is 0 Å². The van der Waals surface area contributed by atoms with E-state index in [0.717, 1.165) is 12.8 Å². The molecule has 0 fully saturated rings. The number of hydrogen-bond acceptors (Lipinski definition) is 2. The molecule has 0 amide bonds. The highest BCUT2D eigenvalue weighted by Crippen LogP contribution is 2.13. The molecule has 0 aliphatic carbocycles. The molecule has 0 saturated heterocycles. The largest absolute Gasteiger partial charge is 0.412 e. The molecule has 0 aromatic carbocycles. The smallest absolute Gasteiger partial charge is 0.324 e. The van der Waals surface area contributed by atoms with E-state index in [4.69, 9.17) is 11.9 Å². The Balaban J connectivity index is -0.0000000952. The summed E-state index contributed by atoms with van der Waals surface area (Å²) in [6.45, 7) is 2.27. The second-order valence-electron chi connectivity index (χ2n) is 6.15. The summed E-state index contributed by atoms with van der Waals surface area (Å²) in [5.74, 6) is -0.300. The number of carbonyl (C=O) groups is 1. The van der Waals surface area contributed by atoms with Crippen LogP contribution >= 0.6 is 11.9 Å². The van der Waals surface area contributed by atoms with E-state index in [1.165, 1.54) is 83.5 Å². The molecule has 0 saturated carbocycles. The van der Waals surface area contributed by atoms with Crippen molar-refractivity contribution in [3.8, 4) is 0 Å². The Kier molecular flexibility index (Phi) is 83.7. The van der Waals surface area contributed by atoms with Crippen LogP contribution in [0.4, 0.5) is 0 Å². The van der Waals surface area contributed by atoms with Crippen molar-refractivity contribution in [2.24, 2.45) is 0 Å². The minimum Gasteiger partial charge on any atom is -0.412 e. The summed E-state index contributed by atoms with van der Waals surface area (Å²) < 4.78 is 4.10. The number of rotatable bonds is 16. The Bertz CT molecular complexity index is 240. The van der Waals surface area contributed by atoms with Gasteiger partial charge >= 0.3 is 29.0 Å². The monoisotopic (exact) mass is 452 g/mol. The van der Waals surface area contributed by atoms with Gasteiger partial charge in [-0.25, -0.2) is 0 Å². The minimum atomic E-state index is -0.300. The van der Waals surface area contributed by atoms with Gasteiger partial charge in [0.2, 0.25) is 0 Å². The normalized spacial score (nSPS) is 8.07. The predicted octanol–water partition coefficient (Wildman–Crippen LogP) is 1.08. The maximum Gasteiger partial charge on any atom is 0.324 e. The third kappa shape index (κ3) is 45.2. The third-order valence-electron chi connectivity index (χ3n) is 4.07. The molecular weight excluding hydrogens is 404 g/mol. The molecule has 0 aromatic heterocycles. The highest BCUT2D eigenvalue weighted by atomic mass is 35.5. The molecule has 0 heterocycles. The fraction of sp³-hybridized carbons (Fsp3) is 0.944. The van der Waals surface area contributed by atoms with Crippen LogP contribution in [0.2, 0.25) is 0 Å². The van der Waals surface area contributed by atoms with Crippen LogP contribution in [0.15, 0.2) is 0 Å². The molecule has 0 rings (SSSR count). The van der Waals surface area contributed by atoms with E-state index in [1.54, 1.807) is 0 Å². The van der Waals surface area contributed by atoms with E-state index in [-0.39, 0.29) is 61.9 Å². The summed E-state index contributed by atoms with van der Waals surface area (Å²) in [7, 11) is 0. The van der Waals surface area contributed by atoms with Crippen LogP contribution in [0.5, 0.6) is 0 Å². The summed E-state index contributed by atoms with van der Waals surface area (Å²) in [6.07, 6.45) is 20.4. The second kappa shape index (κ2) is 45.8. The summed E-state index contributed by atoms with van der Waals surface area (Å²) in [5, 5.41) is 0. The molecule has 8 nitrogen and oxygen atoms in total. The van der Waals surface area contributed by atoms with Gasteiger partial charge in [0, 0.05) is 6.42 Å². The molecule has 0 atom stereocenters. The Hall–Kier alpha value is 0.286. The standard InChI is InChI=1S/C18H35ClO2.Mg.6H2O.2H/c1-2-3-4-5-6-7-8-9-10-11-12-13-14-15-16-17-18(20)21-19;;;;;;;;;/h2-17H2,1H3;;6*1H2;;. The fourth-order valence-corrected chi connectivity index (χ4v) is 2.76. The Morgan fingerprint density at radius 3 is 1.07 bits per heavy atom. The summed E-state index contributed by atoms with van der Waals surface area (Å²) in [6, 6.07) is 0. The van der Waals surface area contributed by atoms with Crippen LogP contribution in [-0.4, -0.2) is 61.9 Å². The lowest BCUT2D eigenvalue weighted by Crippen LogP contribution is -1.95. The molecule has 12 N–H and O–H groups in total. The predicted molar refractivity (Wildman–Crippen MR) is 122 cm³/mol. The molecule has 0 unspecified atom stereocenters. The first kappa shape index (κ1) is 51.2. The minimum absolute atomic E-state index is 0. The Morgan fingerprint density at radius 2 is 0.821 bits per heavy atom. The quantitative estimate of drug-likeness (QED) is 0.248. The van der Waals surface area contributed by atoms with Gasteiger partial charge in [0.25, 0.3) is 0 Å². The zero-order valence-electron chi connectivity index (χ0n) is 17.0. The van der Waals surface area contributed by atoms with Gasteiger partial charge in [0.1, 0.15) is 11.9 Å². The number of carbonyl (C=O) groups excluding carboxylic acids is 1. The van der Waals surface area contributed by atoms with Crippen LogP contribution < -0.4 is 0 Å². The van der Waals surface area contributed by atoms with Gasteiger partial charge in [-0.2, -0.15) is 0 Å². The van der Waals surface area contributed by atoms with Gasteiger partial charge < -0.3 is 37.1 Å². The van der Waals surface area contributed by atoms with Crippen molar-refractivity contribution in [1.82, 2.24) is 0 Å². The maximum absolute atomic E-state index is 10.8. The topological polar surface area (TPSA) is 215 Å². The van der Waals surface area contributed by atoms with Crippen LogP contribution in [0.3, 0.4) is 0 Å². The second-order valence-corrected chi connectivity index (χ2v) is 6.30. The lowest BCUT2D eigenvalue weighted by molar-refractivity contribution is -0.134. The van der Waals surface area contributed by atoms with E-state index in [1.807, 2.05) is 0 Å². The van der Waals surface area contributed by atoms with E-state index < -0.39 is 0 Å². The average Bonchev–Trinajstić information content (AvgIpc) is 2.50. The zero-order chi connectivity index (χ0) is 15.6. The Morgan fingerprint density at radius 1 is 0.571 bits per heavy atom. The molecule has 10 heteroatoms. The van der Waals surface area contributed by atoms with Crippen molar-refractivity contribution in [3.05, 3.63) is 0 Å². The molecule has 178 valence electrons. The lowest BCUT2D eigenvalue weighted by atomic mass is 10.0. The number of unbranched alkanes of at least 4 members (excludes halogenated alkanes) is 14. The number of halogens is 1. The average molecular weight is 453 g/mol. The van der Waals surface area contributed by atoms with E-state index >= 15 is 0 Å². The van der Waals surface area contributed by atoms with Gasteiger partial charge in [-0.1, -0.05) is 96.8 Å². The van der Waals surface area contributed by atoms with Gasteiger partial charge in [-0.15, -0.1) is 0 Å². The van der Waals surface area contributed by atoms with Crippen LogP contribution in [0.1, 0.15) is 110 Å². The van der Waals surface area contributed by atoms with Gasteiger partial charge in [0.15, 0.2) is 0 Å². The molecule has 0 bridgehead atoms. The van der Waals surface area contributed by atoms with Crippen molar-refractivity contribution in [1.29, 1.82) is 0 Å². The highest BCUT2D eigenvalue weighted by molar-refractivity contribution is 6.13. The first-order valence-electron chi connectivity index (χ1n) is 9.12. The molecule has 0 aliphatic rings. The van der Waals surface area contributed by atoms with Gasteiger partial charge in [-0.05, 0) is 6.42 Å². The third-order valence-corrected chi connectivity index (χ3v) is 4.24. The summed E-state index contributed by atoms with van der Waals surface area (Å²) in [4.78, 5) is 10.8. The van der Waals surface area contributed by atoms with Crippen LogP contribution in [-0.2, 0) is 9.08 Å². The van der Waals surface area contributed by atoms with Crippen LogP contribution in [0, 0.1) is 0 Å². The first-order chi connectivity index (χ1) is 10.3. The maximum atomic E-state index is 10.8. The first-order valence-corrected chi connectivity index (χ1v) is 9.43. The van der Waals surface area contributed by atoms with E-state index in [2.05, 4.69) is 11.2 Å².